The lowest BCUT2D eigenvalue weighted by Crippen LogP contribution is -2.06. The Morgan fingerprint density at radius 2 is 2.21 bits per heavy atom. The number of aromatic nitrogens is 1. The molecule has 0 bridgehead atoms. The second-order valence-electron chi connectivity index (χ2n) is 3.04. The van der Waals surface area contributed by atoms with E-state index in [2.05, 4.69) is 44.9 Å². The van der Waals surface area contributed by atoms with Crippen molar-refractivity contribution in [3.63, 3.8) is 0 Å². The van der Waals surface area contributed by atoms with Crippen LogP contribution in [-0.4, -0.2) is 4.57 Å². The van der Waals surface area contributed by atoms with Gasteiger partial charge < -0.3 is 10.3 Å². The average molecular weight is 271 g/mol. The fraction of sp³-hybridized carbons (Fsp3) is 0.200. The van der Waals surface area contributed by atoms with Crippen molar-refractivity contribution in [3.8, 4) is 0 Å². The number of nitrogens with zero attached hydrogens (tertiary/aromatic N) is 1. The van der Waals surface area contributed by atoms with E-state index in [1.54, 1.807) is 11.3 Å². The Morgan fingerprint density at radius 3 is 2.86 bits per heavy atom. The van der Waals surface area contributed by atoms with E-state index in [1.165, 1.54) is 14.4 Å². The predicted molar refractivity (Wildman–Crippen MR) is 63.4 cm³/mol. The third-order valence-electron chi connectivity index (χ3n) is 2.09. The van der Waals surface area contributed by atoms with Gasteiger partial charge in [0.2, 0.25) is 0 Å². The quantitative estimate of drug-likeness (QED) is 0.914. The van der Waals surface area contributed by atoms with Crippen LogP contribution in [0.25, 0.3) is 0 Å². The van der Waals surface area contributed by atoms with Crippen molar-refractivity contribution in [3.05, 3.63) is 44.8 Å². The number of hydrogen-bond acceptors (Lipinski definition) is 2. The molecular weight excluding hydrogens is 260 g/mol. The van der Waals surface area contributed by atoms with Crippen LogP contribution in [0.5, 0.6) is 0 Å². The highest BCUT2D eigenvalue weighted by Gasteiger charge is 2.01. The number of thiophene rings is 1. The summed E-state index contributed by atoms with van der Waals surface area (Å²) in [5.74, 6) is 0. The monoisotopic (exact) mass is 270 g/mol. The molecule has 14 heavy (non-hydrogen) atoms. The molecule has 0 aliphatic heterocycles. The Morgan fingerprint density at radius 1 is 1.36 bits per heavy atom. The van der Waals surface area contributed by atoms with Gasteiger partial charge in [0.1, 0.15) is 0 Å². The number of nitrogens with two attached hydrogens (primary N) is 1. The van der Waals surface area contributed by atoms with Gasteiger partial charge in [-0.15, -0.1) is 11.3 Å². The van der Waals surface area contributed by atoms with Crippen LogP contribution in [0.4, 0.5) is 0 Å². The van der Waals surface area contributed by atoms with Crippen LogP contribution < -0.4 is 5.73 Å². The molecule has 0 atom stereocenters. The second-order valence-corrected chi connectivity index (χ2v) is 5.58. The predicted octanol–water partition coefficient (Wildman–Crippen LogP) is 2.82. The van der Waals surface area contributed by atoms with E-state index in [1.807, 2.05) is 6.07 Å². The number of rotatable bonds is 3. The van der Waals surface area contributed by atoms with Crippen LogP contribution in [0.2, 0.25) is 0 Å². The smallest absolute Gasteiger partial charge is 0.0702 e. The van der Waals surface area contributed by atoms with Gasteiger partial charge in [-0.25, -0.2) is 0 Å². The van der Waals surface area contributed by atoms with Gasteiger partial charge >= 0.3 is 0 Å². The van der Waals surface area contributed by atoms with Gasteiger partial charge in [-0.3, -0.25) is 0 Å². The summed E-state index contributed by atoms with van der Waals surface area (Å²) in [6.07, 6.45) is 2.07. The van der Waals surface area contributed by atoms with Crippen LogP contribution >= 0.6 is 27.3 Å². The molecule has 0 aliphatic carbocycles. The Hall–Kier alpha value is -0.580. The summed E-state index contributed by atoms with van der Waals surface area (Å²) in [7, 11) is 0. The Balaban J connectivity index is 2.18. The van der Waals surface area contributed by atoms with Crippen molar-refractivity contribution in [2.24, 2.45) is 5.73 Å². The summed E-state index contributed by atoms with van der Waals surface area (Å²) in [6, 6.07) is 8.30. The molecular formula is C10H11BrN2S. The van der Waals surface area contributed by atoms with Gasteiger partial charge in [0, 0.05) is 23.3 Å². The van der Waals surface area contributed by atoms with Crippen molar-refractivity contribution < 1.29 is 0 Å². The molecule has 0 fully saturated rings. The molecule has 2 nitrogen and oxygen atoms in total. The average Bonchev–Trinajstić information content (AvgIpc) is 2.76. The first-order chi connectivity index (χ1) is 6.79. The molecule has 0 saturated heterocycles. The Labute approximate surface area is 95.5 Å². The van der Waals surface area contributed by atoms with E-state index in [0.717, 1.165) is 6.54 Å². The van der Waals surface area contributed by atoms with Crippen molar-refractivity contribution in [1.82, 2.24) is 4.57 Å². The normalized spacial score (nSPS) is 10.7. The number of halogens is 1. The van der Waals surface area contributed by atoms with Crippen molar-refractivity contribution in [2.75, 3.05) is 0 Å². The van der Waals surface area contributed by atoms with Crippen LogP contribution in [0.1, 0.15) is 10.6 Å². The van der Waals surface area contributed by atoms with Gasteiger partial charge in [-0.1, -0.05) is 0 Å². The van der Waals surface area contributed by atoms with E-state index in [-0.39, 0.29) is 0 Å². The van der Waals surface area contributed by atoms with Gasteiger partial charge in [-0.05, 0) is 40.2 Å². The summed E-state index contributed by atoms with van der Waals surface area (Å²) >= 11 is 5.22. The Bertz CT molecular complexity index is 419. The fourth-order valence-corrected chi connectivity index (χ4v) is 2.88. The number of hydrogen-bond donors (Lipinski definition) is 1. The summed E-state index contributed by atoms with van der Waals surface area (Å²) in [5.41, 5.74) is 6.80. The zero-order chi connectivity index (χ0) is 9.97. The molecule has 2 aromatic heterocycles. The van der Waals surface area contributed by atoms with Crippen molar-refractivity contribution in [2.45, 2.75) is 13.1 Å². The summed E-state index contributed by atoms with van der Waals surface area (Å²) in [5, 5.41) is 0. The molecule has 2 heterocycles. The van der Waals surface area contributed by atoms with Gasteiger partial charge in [0.05, 0.1) is 10.3 Å². The minimum absolute atomic E-state index is 0.597. The molecule has 0 unspecified atom stereocenters. The second kappa shape index (κ2) is 4.29. The first-order valence-electron chi connectivity index (χ1n) is 4.38. The van der Waals surface area contributed by atoms with E-state index in [0.29, 0.717) is 6.54 Å². The van der Waals surface area contributed by atoms with Crippen molar-refractivity contribution in [1.29, 1.82) is 0 Å². The van der Waals surface area contributed by atoms with E-state index >= 15 is 0 Å². The largest absolute Gasteiger partial charge is 0.345 e. The first-order valence-corrected chi connectivity index (χ1v) is 5.99. The lowest BCUT2D eigenvalue weighted by Gasteiger charge is -2.05. The van der Waals surface area contributed by atoms with Gasteiger partial charge in [0.15, 0.2) is 0 Å². The third kappa shape index (κ3) is 2.08. The molecule has 0 spiro atoms. The molecule has 74 valence electrons. The molecule has 2 N–H and O–H groups in total. The standard InChI is InChI=1S/C10H11BrN2S/c11-10-4-3-9(14-10)7-13-5-1-2-8(13)6-12/h1-5H,6-7,12H2. The molecule has 0 saturated carbocycles. The summed E-state index contributed by atoms with van der Waals surface area (Å²) < 4.78 is 3.35. The summed E-state index contributed by atoms with van der Waals surface area (Å²) in [6.45, 7) is 1.51. The maximum Gasteiger partial charge on any atom is 0.0702 e. The lowest BCUT2D eigenvalue weighted by molar-refractivity contribution is 0.753. The van der Waals surface area contributed by atoms with Crippen LogP contribution in [0, 0.1) is 0 Å². The maximum atomic E-state index is 5.63. The highest BCUT2D eigenvalue weighted by Crippen LogP contribution is 2.23. The topological polar surface area (TPSA) is 30.9 Å². The Kier molecular flexibility index (Phi) is 3.05. The maximum absolute atomic E-state index is 5.63. The van der Waals surface area contributed by atoms with Crippen LogP contribution in [0.15, 0.2) is 34.2 Å². The molecule has 0 aliphatic rings. The summed E-state index contributed by atoms with van der Waals surface area (Å²) in [4.78, 5) is 1.34. The molecule has 2 rings (SSSR count). The van der Waals surface area contributed by atoms with Gasteiger partial charge in [-0.2, -0.15) is 0 Å². The zero-order valence-corrected chi connectivity index (χ0v) is 10.0. The van der Waals surface area contributed by atoms with Crippen LogP contribution in [0.3, 0.4) is 0 Å². The molecule has 0 aromatic carbocycles. The third-order valence-corrected chi connectivity index (χ3v) is 3.70. The lowest BCUT2D eigenvalue weighted by atomic mass is 10.4. The van der Waals surface area contributed by atoms with E-state index in [4.69, 9.17) is 5.73 Å². The molecule has 0 amide bonds. The van der Waals surface area contributed by atoms with Gasteiger partial charge in [0.25, 0.3) is 0 Å². The molecule has 0 radical (unpaired) electrons. The minimum atomic E-state index is 0.597. The highest BCUT2D eigenvalue weighted by atomic mass is 79.9. The van der Waals surface area contributed by atoms with E-state index < -0.39 is 0 Å². The van der Waals surface area contributed by atoms with E-state index in [9.17, 15) is 0 Å². The highest BCUT2D eigenvalue weighted by molar-refractivity contribution is 9.11. The minimum Gasteiger partial charge on any atom is -0.345 e. The fourth-order valence-electron chi connectivity index (χ4n) is 1.39. The first kappa shape index (κ1) is 9.96. The SMILES string of the molecule is NCc1cccn1Cc1ccc(Br)s1. The molecule has 2 aromatic rings. The van der Waals surface area contributed by atoms with Crippen LogP contribution in [-0.2, 0) is 13.1 Å². The zero-order valence-electron chi connectivity index (χ0n) is 7.61. The van der Waals surface area contributed by atoms with Crippen molar-refractivity contribution >= 4 is 27.3 Å². The molecule has 4 heteroatoms.